The molecule has 0 saturated carbocycles. The molecule has 1 aromatic heterocycles. The minimum absolute atomic E-state index is 0.0706. The number of hydrogen-bond donors (Lipinski definition) is 1. The topological polar surface area (TPSA) is 75.0 Å². The van der Waals surface area contributed by atoms with Crippen molar-refractivity contribution in [3.05, 3.63) is 59.3 Å². The number of furan rings is 1. The molecule has 8 heteroatoms. The highest BCUT2D eigenvalue weighted by atomic mass is 19.1. The highest BCUT2D eigenvalue weighted by Gasteiger charge is 2.22. The molecule has 0 fully saturated rings. The maximum atomic E-state index is 13.3. The molecule has 170 valence electrons. The van der Waals surface area contributed by atoms with Crippen molar-refractivity contribution in [1.82, 2.24) is 15.1 Å². The number of ether oxygens (including phenoxy) is 1. The molecule has 1 N–H and O–H groups in total. The first kappa shape index (κ1) is 24.4. The van der Waals surface area contributed by atoms with Crippen LogP contribution < -0.4 is 5.32 Å². The Hall–Kier alpha value is -2.87. The molecule has 7 nitrogen and oxygen atoms in total. The van der Waals surface area contributed by atoms with Gasteiger partial charge in [-0.2, -0.15) is 0 Å². The van der Waals surface area contributed by atoms with E-state index in [9.17, 15) is 14.0 Å². The van der Waals surface area contributed by atoms with Gasteiger partial charge in [0.1, 0.15) is 23.9 Å². The molecule has 2 rings (SSSR count). The number of amides is 3. The quantitative estimate of drug-likeness (QED) is 0.518. The summed E-state index contributed by atoms with van der Waals surface area (Å²) in [6.07, 6.45) is 0.633. The number of benzene rings is 1. The molecular formula is C23H32FN3O4. The maximum absolute atomic E-state index is 13.3. The summed E-state index contributed by atoms with van der Waals surface area (Å²) < 4.78 is 24.3. The van der Waals surface area contributed by atoms with E-state index in [1.165, 1.54) is 17.0 Å². The summed E-state index contributed by atoms with van der Waals surface area (Å²) in [6, 6.07) is 9.39. The third kappa shape index (κ3) is 8.41. The summed E-state index contributed by atoms with van der Waals surface area (Å²) in [5, 5.41) is 2.76. The minimum atomic E-state index is -0.333. The van der Waals surface area contributed by atoms with Gasteiger partial charge >= 0.3 is 6.03 Å². The first-order valence-corrected chi connectivity index (χ1v) is 10.6. The van der Waals surface area contributed by atoms with Crippen molar-refractivity contribution in [2.75, 3.05) is 32.8 Å². The molecule has 1 heterocycles. The third-order valence-corrected chi connectivity index (χ3v) is 4.64. The van der Waals surface area contributed by atoms with E-state index in [0.717, 1.165) is 11.3 Å². The molecule has 1 aromatic carbocycles. The predicted molar refractivity (Wildman–Crippen MR) is 116 cm³/mol. The van der Waals surface area contributed by atoms with Crippen LogP contribution in [0, 0.1) is 12.7 Å². The van der Waals surface area contributed by atoms with Gasteiger partial charge in [0, 0.05) is 32.8 Å². The van der Waals surface area contributed by atoms with Crippen LogP contribution in [0.2, 0.25) is 0 Å². The fourth-order valence-corrected chi connectivity index (χ4v) is 3.08. The van der Waals surface area contributed by atoms with Gasteiger partial charge < -0.3 is 24.3 Å². The lowest BCUT2D eigenvalue weighted by atomic mass is 10.2. The lowest BCUT2D eigenvalue weighted by Crippen LogP contribution is -2.47. The smallest absolute Gasteiger partial charge is 0.317 e. The van der Waals surface area contributed by atoms with E-state index in [0.29, 0.717) is 38.5 Å². The normalized spacial score (nSPS) is 10.7. The van der Waals surface area contributed by atoms with Crippen molar-refractivity contribution >= 4 is 11.9 Å². The summed E-state index contributed by atoms with van der Waals surface area (Å²) in [7, 11) is 0. The van der Waals surface area contributed by atoms with E-state index in [4.69, 9.17) is 9.15 Å². The summed E-state index contributed by atoms with van der Waals surface area (Å²) in [6.45, 7) is 8.05. The van der Waals surface area contributed by atoms with E-state index >= 15 is 0 Å². The van der Waals surface area contributed by atoms with Crippen LogP contribution in [0.25, 0.3) is 0 Å². The van der Waals surface area contributed by atoms with Crippen LogP contribution in [0.4, 0.5) is 9.18 Å². The molecule has 0 aliphatic heterocycles. The van der Waals surface area contributed by atoms with Crippen LogP contribution in [-0.2, 0) is 22.6 Å². The lowest BCUT2D eigenvalue weighted by Gasteiger charge is -2.27. The Morgan fingerprint density at radius 2 is 1.81 bits per heavy atom. The van der Waals surface area contributed by atoms with Crippen molar-refractivity contribution in [2.24, 2.45) is 0 Å². The number of nitrogens with zero attached hydrogens (tertiary/aromatic N) is 2. The summed E-state index contributed by atoms with van der Waals surface area (Å²) in [4.78, 5) is 28.8. The second-order valence-corrected chi connectivity index (χ2v) is 7.20. The monoisotopic (exact) mass is 433 g/mol. The van der Waals surface area contributed by atoms with E-state index in [-0.39, 0.29) is 37.4 Å². The molecule has 0 aliphatic rings. The molecule has 3 amide bonds. The largest absolute Gasteiger partial charge is 0.464 e. The van der Waals surface area contributed by atoms with E-state index in [2.05, 4.69) is 5.32 Å². The molecule has 0 saturated heterocycles. The first-order valence-electron chi connectivity index (χ1n) is 10.6. The van der Waals surface area contributed by atoms with Crippen molar-refractivity contribution in [3.8, 4) is 0 Å². The van der Waals surface area contributed by atoms with E-state index in [1.54, 1.807) is 17.0 Å². The Labute approximate surface area is 183 Å². The summed E-state index contributed by atoms with van der Waals surface area (Å²) in [5.41, 5.74) is 0.791. The zero-order valence-corrected chi connectivity index (χ0v) is 18.5. The SMILES string of the molecule is CCNC(=O)N(CCCOCC)CC(=O)N(Cc1ccc(F)cc1)Cc1ccc(C)o1. The Kier molecular flexibility index (Phi) is 10.0. The number of nitrogens with one attached hydrogen (secondary N) is 1. The van der Waals surface area contributed by atoms with Gasteiger partial charge in [-0.15, -0.1) is 0 Å². The molecule has 0 radical (unpaired) electrons. The van der Waals surface area contributed by atoms with E-state index < -0.39 is 0 Å². The van der Waals surface area contributed by atoms with Crippen molar-refractivity contribution in [3.63, 3.8) is 0 Å². The molecular weight excluding hydrogens is 401 g/mol. The third-order valence-electron chi connectivity index (χ3n) is 4.64. The molecule has 0 aliphatic carbocycles. The number of rotatable bonds is 12. The minimum Gasteiger partial charge on any atom is -0.464 e. The average molecular weight is 434 g/mol. The zero-order chi connectivity index (χ0) is 22.6. The van der Waals surface area contributed by atoms with Crippen molar-refractivity contribution in [2.45, 2.75) is 40.3 Å². The molecule has 2 aromatic rings. The Balaban J connectivity index is 2.13. The van der Waals surface area contributed by atoms with Gasteiger partial charge in [-0.25, -0.2) is 9.18 Å². The average Bonchev–Trinajstić information content (AvgIpc) is 3.16. The number of halogens is 1. The fourth-order valence-electron chi connectivity index (χ4n) is 3.08. The van der Waals surface area contributed by atoms with Crippen molar-refractivity contribution < 1.29 is 23.1 Å². The Morgan fingerprint density at radius 3 is 2.42 bits per heavy atom. The number of carbonyl (C=O) groups is 2. The molecule has 0 bridgehead atoms. The van der Waals surface area contributed by atoms with E-state index in [1.807, 2.05) is 32.9 Å². The standard InChI is InChI=1S/C23H32FN3O4/c1-4-25-23(29)26(13-6-14-30-5-2)17-22(28)27(16-21-12-7-18(3)31-21)15-19-8-10-20(24)11-9-19/h7-12H,4-6,13-17H2,1-3H3,(H,25,29). The maximum Gasteiger partial charge on any atom is 0.317 e. The van der Waals surface area contributed by atoms with Crippen LogP contribution in [0.5, 0.6) is 0 Å². The molecule has 0 atom stereocenters. The highest BCUT2D eigenvalue weighted by molar-refractivity contribution is 5.84. The van der Waals surface area contributed by atoms with Crippen LogP contribution in [0.1, 0.15) is 37.4 Å². The van der Waals surface area contributed by atoms with Gasteiger partial charge in [0.05, 0.1) is 6.54 Å². The van der Waals surface area contributed by atoms with Gasteiger partial charge in [-0.1, -0.05) is 12.1 Å². The zero-order valence-electron chi connectivity index (χ0n) is 18.5. The molecule has 0 spiro atoms. The Bertz CT molecular complexity index is 822. The second-order valence-electron chi connectivity index (χ2n) is 7.20. The van der Waals surface area contributed by atoms with Crippen LogP contribution in [0.15, 0.2) is 40.8 Å². The van der Waals surface area contributed by atoms with Gasteiger partial charge in [0.15, 0.2) is 0 Å². The van der Waals surface area contributed by atoms with Crippen molar-refractivity contribution in [1.29, 1.82) is 0 Å². The number of aryl methyl sites for hydroxylation is 1. The number of carbonyl (C=O) groups excluding carboxylic acids is 2. The number of hydrogen-bond acceptors (Lipinski definition) is 4. The van der Waals surface area contributed by atoms with Crippen LogP contribution in [-0.4, -0.2) is 54.6 Å². The number of urea groups is 1. The van der Waals surface area contributed by atoms with Crippen LogP contribution in [0.3, 0.4) is 0 Å². The Morgan fingerprint density at radius 1 is 1.06 bits per heavy atom. The van der Waals surface area contributed by atoms with Gasteiger partial charge in [-0.3, -0.25) is 4.79 Å². The van der Waals surface area contributed by atoms with Gasteiger partial charge in [-0.05, 0) is 57.0 Å². The fraction of sp³-hybridized carbons (Fsp3) is 0.478. The van der Waals surface area contributed by atoms with Gasteiger partial charge in [0.2, 0.25) is 5.91 Å². The summed E-state index contributed by atoms with van der Waals surface area (Å²) in [5.74, 6) is 0.846. The second kappa shape index (κ2) is 12.7. The molecule has 0 unspecified atom stereocenters. The molecule has 31 heavy (non-hydrogen) atoms. The highest BCUT2D eigenvalue weighted by Crippen LogP contribution is 2.14. The van der Waals surface area contributed by atoms with Gasteiger partial charge in [0.25, 0.3) is 0 Å². The summed E-state index contributed by atoms with van der Waals surface area (Å²) >= 11 is 0. The predicted octanol–water partition coefficient (Wildman–Crippen LogP) is 3.71. The van der Waals surface area contributed by atoms with Crippen LogP contribution >= 0.6 is 0 Å². The lowest BCUT2D eigenvalue weighted by molar-refractivity contribution is -0.133. The first-order chi connectivity index (χ1) is 14.9.